The lowest BCUT2D eigenvalue weighted by molar-refractivity contribution is -0.124. The number of amides is 3. The van der Waals surface area contributed by atoms with Crippen molar-refractivity contribution in [2.45, 2.75) is 0 Å². The van der Waals surface area contributed by atoms with Crippen molar-refractivity contribution in [3.05, 3.63) is 36.1 Å². The molecule has 3 aliphatic heterocycles. The molecule has 27 heavy (non-hydrogen) atoms. The van der Waals surface area contributed by atoms with Gasteiger partial charge in [-0.25, -0.2) is 4.79 Å². The van der Waals surface area contributed by atoms with Gasteiger partial charge >= 0.3 is 6.03 Å². The number of piperazine rings is 1. The molecule has 1 saturated heterocycles. The Morgan fingerprint density at radius 1 is 1.11 bits per heavy atom. The maximum absolute atomic E-state index is 12.4. The zero-order chi connectivity index (χ0) is 18.8. The number of methoxy groups -OCH3 is 1. The Morgan fingerprint density at radius 3 is 2.67 bits per heavy atom. The predicted octanol–water partition coefficient (Wildman–Crippen LogP) is 1.13. The molecule has 3 amide bonds. The minimum atomic E-state index is -0.495. The summed E-state index contributed by atoms with van der Waals surface area (Å²) in [6.07, 6.45) is 1.40. The SMILES string of the molecule is COc1ccccc1N1CCN(CCN2C(=O)N=C3COC=C3C2=O)CC1. The fraction of sp³-hybridized carbons (Fsp3) is 0.421. The molecule has 3 aliphatic rings. The quantitative estimate of drug-likeness (QED) is 0.774. The molecule has 0 saturated carbocycles. The van der Waals surface area contributed by atoms with Crippen LogP contribution in [0.3, 0.4) is 0 Å². The molecular weight excluding hydrogens is 348 g/mol. The molecule has 0 aliphatic carbocycles. The van der Waals surface area contributed by atoms with Crippen LogP contribution in [0.2, 0.25) is 0 Å². The molecule has 0 spiro atoms. The second-order valence-corrected chi connectivity index (χ2v) is 6.64. The summed E-state index contributed by atoms with van der Waals surface area (Å²) in [5.41, 5.74) is 1.93. The Morgan fingerprint density at radius 2 is 1.89 bits per heavy atom. The van der Waals surface area contributed by atoms with E-state index in [1.54, 1.807) is 7.11 Å². The first-order valence-corrected chi connectivity index (χ1v) is 9.03. The molecule has 4 rings (SSSR count). The standard InChI is InChI=1S/C19H22N4O4/c1-26-17-5-3-2-4-16(17)22-9-6-21(7-10-22)8-11-23-18(24)14-12-27-13-15(14)20-19(23)25/h2-5,12H,6-11,13H2,1H3. The van der Waals surface area contributed by atoms with Crippen molar-refractivity contribution in [3.63, 3.8) is 0 Å². The van der Waals surface area contributed by atoms with E-state index in [9.17, 15) is 9.59 Å². The van der Waals surface area contributed by atoms with E-state index in [1.807, 2.05) is 18.2 Å². The van der Waals surface area contributed by atoms with Gasteiger partial charge in [0.25, 0.3) is 5.91 Å². The molecule has 1 aromatic carbocycles. The van der Waals surface area contributed by atoms with Crippen molar-refractivity contribution < 1.29 is 19.1 Å². The molecule has 8 nitrogen and oxygen atoms in total. The van der Waals surface area contributed by atoms with Crippen LogP contribution < -0.4 is 9.64 Å². The van der Waals surface area contributed by atoms with E-state index in [-0.39, 0.29) is 12.5 Å². The van der Waals surface area contributed by atoms with E-state index in [0.29, 0.717) is 24.4 Å². The fourth-order valence-electron chi connectivity index (χ4n) is 3.57. The third kappa shape index (κ3) is 3.40. The minimum Gasteiger partial charge on any atom is -0.495 e. The van der Waals surface area contributed by atoms with E-state index < -0.39 is 6.03 Å². The van der Waals surface area contributed by atoms with Crippen molar-refractivity contribution in [2.75, 3.05) is 57.9 Å². The Balaban J connectivity index is 1.32. The van der Waals surface area contributed by atoms with Crippen LogP contribution in [0, 0.1) is 0 Å². The smallest absolute Gasteiger partial charge is 0.350 e. The third-order valence-electron chi connectivity index (χ3n) is 5.11. The average molecular weight is 370 g/mol. The van der Waals surface area contributed by atoms with Crippen LogP contribution in [0.25, 0.3) is 0 Å². The fourth-order valence-corrected chi connectivity index (χ4v) is 3.57. The molecule has 142 valence electrons. The first-order chi connectivity index (χ1) is 13.2. The second-order valence-electron chi connectivity index (χ2n) is 6.64. The number of hydrogen-bond donors (Lipinski definition) is 0. The van der Waals surface area contributed by atoms with Gasteiger partial charge in [0, 0.05) is 39.3 Å². The monoisotopic (exact) mass is 370 g/mol. The van der Waals surface area contributed by atoms with Gasteiger partial charge in [-0.3, -0.25) is 14.6 Å². The number of carbonyl (C=O) groups is 2. The summed E-state index contributed by atoms with van der Waals surface area (Å²) in [4.78, 5) is 34.3. The first kappa shape index (κ1) is 17.5. The normalized spacial score (nSPS) is 20.2. The van der Waals surface area contributed by atoms with E-state index >= 15 is 0 Å². The van der Waals surface area contributed by atoms with Gasteiger partial charge in [0.2, 0.25) is 0 Å². The summed E-state index contributed by atoms with van der Waals surface area (Å²) in [6.45, 7) is 4.61. The predicted molar refractivity (Wildman–Crippen MR) is 100 cm³/mol. The highest BCUT2D eigenvalue weighted by atomic mass is 16.5. The topological polar surface area (TPSA) is 74.7 Å². The molecule has 0 atom stereocenters. The molecular formula is C19H22N4O4. The van der Waals surface area contributed by atoms with Crippen LogP contribution >= 0.6 is 0 Å². The van der Waals surface area contributed by atoms with Gasteiger partial charge in [0.05, 0.1) is 30.3 Å². The van der Waals surface area contributed by atoms with E-state index in [4.69, 9.17) is 9.47 Å². The molecule has 0 bridgehead atoms. The van der Waals surface area contributed by atoms with Gasteiger partial charge in [-0.1, -0.05) is 12.1 Å². The van der Waals surface area contributed by atoms with Gasteiger partial charge in [0.15, 0.2) is 0 Å². The number of urea groups is 1. The van der Waals surface area contributed by atoms with Gasteiger partial charge in [-0.05, 0) is 12.1 Å². The number of nitrogens with zero attached hydrogens (tertiary/aromatic N) is 4. The Kier molecular flexibility index (Phi) is 4.81. The average Bonchev–Trinajstić information content (AvgIpc) is 3.17. The number of carbonyl (C=O) groups excluding carboxylic acids is 2. The van der Waals surface area contributed by atoms with Crippen LogP contribution in [-0.2, 0) is 9.53 Å². The van der Waals surface area contributed by atoms with Crippen molar-refractivity contribution in [2.24, 2.45) is 4.99 Å². The lowest BCUT2D eigenvalue weighted by Crippen LogP contribution is -2.50. The van der Waals surface area contributed by atoms with E-state index in [0.717, 1.165) is 37.6 Å². The highest BCUT2D eigenvalue weighted by Gasteiger charge is 2.35. The first-order valence-electron chi connectivity index (χ1n) is 9.03. The molecule has 1 fully saturated rings. The third-order valence-corrected chi connectivity index (χ3v) is 5.11. The number of benzene rings is 1. The summed E-state index contributed by atoms with van der Waals surface area (Å²) in [5.74, 6) is 0.561. The Bertz CT molecular complexity index is 812. The zero-order valence-electron chi connectivity index (χ0n) is 15.3. The highest BCUT2D eigenvalue weighted by molar-refractivity contribution is 6.30. The van der Waals surface area contributed by atoms with Gasteiger partial charge < -0.3 is 14.4 Å². The highest BCUT2D eigenvalue weighted by Crippen LogP contribution is 2.28. The molecule has 1 aromatic rings. The van der Waals surface area contributed by atoms with Crippen molar-refractivity contribution >= 4 is 23.3 Å². The number of ether oxygens (including phenoxy) is 2. The van der Waals surface area contributed by atoms with Gasteiger partial charge in [0.1, 0.15) is 12.4 Å². The number of anilines is 1. The van der Waals surface area contributed by atoms with Crippen LogP contribution in [0.15, 0.2) is 41.1 Å². The molecule has 0 aromatic heterocycles. The molecule has 8 heteroatoms. The summed E-state index contributed by atoms with van der Waals surface area (Å²) >= 11 is 0. The number of fused-ring (bicyclic) bond motifs is 1. The van der Waals surface area contributed by atoms with Gasteiger partial charge in [-0.2, -0.15) is 4.99 Å². The second kappa shape index (κ2) is 7.40. The van der Waals surface area contributed by atoms with Crippen LogP contribution in [-0.4, -0.2) is 80.4 Å². The summed E-state index contributed by atoms with van der Waals surface area (Å²) in [6, 6.07) is 7.50. The van der Waals surface area contributed by atoms with Crippen LogP contribution in [0.1, 0.15) is 0 Å². The molecule has 0 N–H and O–H groups in total. The number of para-hydroxylation sites is 2. The van der Waals surface area contributed by atoms with Crippen molar-refractivity contribution in [1.29, 1.82) is 0 Å². The van der Waals surface area contributed by atoms with E-state index in [2.05, 4.69) is 20.9 Å². The minimum absolute atomic E-state index is 0.200. The lowest BCUT2D eigenvalue weighted by Gasteiger charge is -2.37. The number of imide groups is 1. The maximum Gasteiger partial charge on any atom is 0.350 e. The lowest BCUT2D eigenvalue weighted by atomic mass is 10.1. The summed E-state index contributed by atoms with van der Waals surface area (Å²) < 4.78 is 10.6. The molecule has 3 heterocycles. The van der Waals surface area contributed by atoms with Crippen molar-refractivity contribution in [1.82, 2.24) is 9.80 Å². The summed E-state index contributed by atoms with van der Waals surface area (Å²) in [7, 11) is 1.68. The largest absolute Gasteiger partial charge is 0.495 e. The van der Waals surface area contributed by atoms with Crippen LogP contribution in [0.5, 0.6) is 5.75 Å². The Labute approximate surface area is 157 Å². The number of hydrogen-bond acceptors (Lipinski definition) is 6. The van der Waals surface area contributed by atoms with Gasteiger partial charge in [-0.15, -0.1) is 0 Å². The zero-order valence-corrected chi connectivity index (χ0v) is 15.3. The van der Waals surface area contributed by atoms with Crippen LogP contribution in [0.4, 0.5) is 10.5 Å². The number of aliphatic imine (C=N–C) groups is 1. The number of rotatable bonds is 5. The van der Waals surface area contributed by atoms with Crippen molar-refractivity contribution in [3.8, 4) is 5.75 Å². The maximum atomic E-state index is 12.4. The summed E-state index contributed by atoms with van der Waals surface area (Å²) in [5, 5.41) is 0. The molecule has 0 unspecified atom stereocenters. The Hall–Kier alpha value is -2.87. The molecule has 0 radical (unpaired) electrons. The van der Waals surface area contributed by atoms with E-state index in [1.165, 1.54) is 11.2 Å².